The predicted molar refractivity (Wildman–Crippen MR) is 49.1 cm³/mol. The maximum atomic E-state index is 13.1. The zero-order chi connectivity index (χ0) is 9.90. The Morgan fingerprint density at radius 2 is 2.31 bits per heavy atom. The van der Waals surface area contributed by atoms with Crippen molar-refractivity contribution in [3.05, 3.63) is 12.2 Å². The lowest BCUT2D eigenvalue weighted by Crippen LogP contribution is -2.41. The van der Waals surface area contributed by atoms with Crippen LogP contribution in [0.25, 0.3) is 0 Å². The Bertz CT molecular complexity index is 192. The van der Waals surface area contributed by atoms with Crippen LogP contribution in [-0.2, 0) is 0 Å². The lowest BCUT2D eigenvalue weighted by molar-refractivity contribution is -0.0233. The number of hydrogen-bond acceptors (Lipinski definition) is 2. The summed E-state index contributed by atoms with van der Waals surface area (Å²) >= 11 is 0. The van der Waals surface area contributed by atoms with Gasteiger partial charge >= 0.3 is 0 Å². The molecule has 1 saturated heterocycles. The van der Waals surface area contributed by atoms with Crippen LogP contribution in [0.15, 0.2) is 12.2 Å². The summed E-state index contributed by atoms with van der Waals surface area (Å²) in [6.07, 6.45) is 0.857. The second kappa shape index (κ2) is 4.15. The van der Waals surface area contributed by atoms with Crippen molar-refractivity contribution in [3.8, 4) is 0 Å². The third-order valence-corrected chi connectivity index (χ3v) is 2.12. The monoisotopic (exact) mass is 190 g/mol. The van der Waals surface area contributed by atoms with E-state index in [0.717, 1.165) is 18.5 Å². The quantitative estimate of drug-likeness (QED) is 0.668. The van der Waals surface area contributed by atoms with Gasteiger partial charge < -0.3 is 5.32 Å². The van der Waals surface area contributed by atoms with Crippen LogP contribution in [0.5, 0.6) is 0 Å². The molecule has 76 valence electrons. The highest BCUT2D eigenvalue weighted by Crippen LogP contribution is 2.19. The molecule has 13 heavy (non-hydrogen) atoms. The molecular formula is C9H16F2N2. The van der Waals surface area contributed by atoms with Crippen molar-refractivity contribution in [2.24, 2.45) is 0 Å². The maximum absolute atomic E-state index is 13.1. The topological polar surface area (TPSA) is 15.3 Å². The molecule has 1 heterocycles. The normalized spacial score (nSPS) is 19.8. The molecule has 2 nitrogen and oxygen atoms in total. The molecule has 0 aromatic rings. The number of hydrogen-bond donors (Lipinski definition) is 1. The first-order valence-electron chi connectivity index (χ1n) is 4.45. The number of rotatable bonds is 4. The summed E-state index contributed by atoms with van der Waals surface area (Å²) in [6.45, 7) is 4.71. The van der Waals surface area contributed by atoms with Crippen LogP contribution < -0.4 is 5.32 Å². The Hall–Kier alpha value is -0.480. The highest BCUT2D eigenvalue weighted by Gasteiger charge is 2.32. The average molecular weight is 190 g/mol. The zero-order valence-corrected chi connectivity index (χ0v) is 7.95. The maximum Gasteiger partial charge on any atom is 0.272 e. The average Bonchev–Trinajstić information content (AvgIpc) is 2.34. The van der Waals surface area contributed by atoms with E-state index >= 15 is 0 Å². The molecule has 0 aromatic heterocycles. The number of halogens is 2. The summed E-state index contributed by atoms with van der Waals surface area (Å²) < 4.78 is 26.1. The minimum absolute atomic E-state index is 0.160. The number of alkyl halides is 2. The van der Waals surface area contributed by atoms with Crippen molar-refractivity contribution >= 4 is 0 Å². The molecule has 1 aliphatic rings. The highest BCUT2D eigenvalue weighted by molar-refractivity contribution is 5.04. The van der Waals surface area contributed by atoms with Crippen LogP contribution >= 0.6 is 0 Å². The van der Waals surface area contributed by atoms with Gasteiger partial charge in [0.25, 0.3) is 5.92 Å². The van der Waals surface area contributed by atoms with E-state index < -0.39 is 5.92 Å². The van der Waals surface area contributed by atoms with Crippen LogP contribution in [0.2, 0.25) is 0 Å². The molecule has 1 fully saturated rings. The van der Waals surface area contributed by atoms with Crippen LogP contribution in [0.3, 0.4) is 0 Å². The first-order chi connectivity index (χ1) is 6.03. The SMILES string of the molecule is C=C1CCN(CC(F)(F)CNC)C1. The van der Waals surface area contributed by atoms with E-state index in [1.165, 1.54) is 7.05 Å². The lowest BCUT2D eigenvalue weighted by atomic mass is 10.3. The van der Waals surface area contributed by atoms with Gasteiger partial charge in [0.05, 0.1) is 13.1 Å². The highest BCUT2D eigenvalue weighted by atomic mass is 19.3. The Morgan fingerprint density at radius 3 is 2.77 bits per heavy atom. The summed E-state index contributed by atoms with van der Waals surface area (Å²) in [5, 5.41) is 2.49. The van der Waals surface area contributed by atoms with Crippen LogP contribution in [0.1, 0.15) is 6.42 Å². The summed E-state index contributed by atoms with van der Waals surface area (Å²) in [4.78, 5) is 1.75. The number of likely N-dealkylation sites (tertiary alicyclic amines) is 1. The molecule has 0 bridgehead atoms. The van der Waals surface area contributed by atoms with Gasteiger partial charge in [-0.1, -0.05) is 12.2 Å². The molecule has 0 aromatic carbocycles. The predicted octanol–water partition coefficient (Wildman–Crippen LogP) is 1.10. The third kappa shape index (κ3) is 3.40. The molecule has 0 aliphatic carbocycles. The fourth-order valence-corrected chi connectivity index (χ4v) is 1.57. The van der Waals surface area contributed by atoms with Crippen LogP contribution in [-0.4, -0.2) is 44.0 Å². The minimum Gasteiger partial charge on any atom is -0.314 e. The molecule has 1 aliphatic heterocycles. The van der Waals surface area contributed by atoms with Gasteiger partial charge in [0.15, 0.2) is 0 Å². The third-order valence-electron chi connectivity index (χ3n) is 2.12. The van der Waals surface area contributed by atoms with Gasteiger partial charge in [-0.3, -0.25) is 4.90 Å². The number of nitrogens with zero attached hydrogens (tertiary/aromatic N) is 1. The van der Waals surface area contributed by atoms with Gasteiger partial charge in [0, 0.05) is 13.1 Å². The molecule has 0 atom stereocenters. The molecule has 0 saturated carbocycles. The van der Waals surface area contributed by atoms with E-state index in [4.69, 9.17) is 0 Å². The van der Waals surface area contributed by atoms with E-state index in [9.17, 15) is 8.78 Å². The van der Waals surface area contributed by atoms with E-state index in [0.29, 0.717) is 6.54 Å². The lowest BCUT2D eigenvalue weighted by Gasteiger charge is -2.22. The van der Waals surface area contributed by atoms with Crippen molar-refractivity contribution in [1.82, 2.24) is 10.2 Å². The number of nitrogens with one attached hydrogen (secondary N) is 1. The van der Waals surface area contributed by atoms with Gasteiger partial charge in [-0.15, -0.1) is 0 Å². The van der Waals surface area contributed by atoms with Crippen LogP contribution in [0, 0.1) is 0 Å². The molecule has 0 unspecified atom stereocenters. The van der Waals surface area contributed by atoms with Gasteiger partial charge in [-0.2, -0.15) is 0 Å². The fraction of sp³-hybridized carbons (Fsp3) is 0.778. The second-order valence-electron chi connectivity index (χ2n) is 3.60. The van der Waals surface area contributed by atoms with Crippen molar-refractivity contribution in [2.75, 3.05) is 33.2 Å². The molecule has 0 amide bonds. The van der Waals surface area contributed by atoms with Gasteiger partial charge in [-0.05, 0) is 13.5 Å². The largest absolute Gasteiger partial charge is 0.314 e. The summed E-state index contributed by atoms with van der Waals surface area (Å²) in [5.74, 6) is -2.63. The fourth-order valence-electron chi connectivity index (χ4n) is 1.57. The Kier molecular flexibility index (Phi) is 3.39. The van der Waals surface area contributed by atoms with Crippen LogP contribution in [0.4, 0.5) is 8.78 Å². The first-order valence-corrected chi connectivity index (χ1v) is 4.45. The van der Waals surface area contributed by atoms with Gasteiger partial charge in [0.2, 0.25) is 0 Å². The Balaban J connectivity index is 2.35. The van der Waals surface area contributed by atoms with Gasteiger partial charge in [-0.25, -0.2) is 8.78 Å². The van der Waals surface area contributed by atoms with E-state index in [2.05, 4.69) is 11.9 Å². The first kappa shape index (κ1) is 10.6. The summed E-state index contributed by atoms with van der Waals surface area (Å²) in [6, 6.07) is 0. The molecule has 0 spiro atoms. The standard InChI is InChI=1S/C9H16F2N2/c1-8-3-4-13(5-8)7-9(10,11)6-12-2/h12H,1,3-7H2,2H3. The van der Waals surface area contributed by atoms with Crippen molar-refractivity contribution < 1.29 is 8.78 Å². The van der Waals surface area contributed by atoms with Crippen molar-refractivity contribution in [2.45, 2.75) is 12.3 Å². The molecule has 1 N–H and O–H groups in total. The molecular weight excluding hydrogens is 174 g/mol. The minimum atomic E-state index is -2.63. The molecule has 4 heteroatoms. The van der Waals surface area contributed by atoms with Crippen molar-refractivity contribution in [1.29, 1.82) is 0 Å². The van der Waals surface area contributed by atoms with E-state index in [-0.39, 0.29) is 13.1 Å². The van der Waals surface area contributed by atoms with Gasteiger partial charge in [0.1, 0.15) is 0 Å². The summed E-state index contributed by atoms with van der Waals surface area (Å²) in [5.41, 5.74) is 1.06. The van der Waals surface area contributed by atoms with Crippen molar-refractivity contribution in [3.63, 3.8) is 0 Å². The molecule has 1 rings (SSSR count). The Morgan fingerprint density at radius 1 is 1.62 bits per heavy atom. The zero-order valence-electron chi connectivity index (χ0n) is 7.95. The molecule has 0 radical (unpaired) electrons. The van der Waals surface area contributed by atoms with E-state index in [1.807, 2.05) is 0 Å². The van der Waals surface area contributed by atoms with E-state index in [1.54, 1.807) is 4.90 Å². The summed E-state index contributed by atoms with van der Waals surface area (Å²) in [7, 11) is 1.54. The smallest absolute Gasteiger partial charge is 0.272 e. The Labute approximate surface area is 77.6 Å². The second-order valence-corrected chi connectivity index (χ2v) is 3.60.